The first-order valence-corrected chi connectivity index (χ1v) is 12.6. The van der Waals surface area contributed by atoms with Gasteiger partial charge in [-0.2, -0.15) is 0 Å². The highest BCUT2D eigenvalue weighted by Gasteiger charge is 2.05. The Morgan fingerprint density at radius 3 is 1.52 bits per heavy atom. The lowest BCUT2D eigenvalue weighted by Crippen LogP contribution is -1.97. The van der Waals surface area contributed by atoms with Crippen LogP contribution in [-0.2, 0) is 0 Å². The first-order valence-electron chi connectivity index (χ1n) is 12.6. The third-order valence-corrected chi connectivity index (χ3v) is 5.79. The fraction of sp³-hybridized carbons (Fsp3) is 0.923. The maximum atomic E-state index is 8.82. The van der Waals surface area contributed by atoms with Gasteiger partial charge in [0.2, 0.25) is 0 Å². The molecule has 0 heterocycles. The number of rotatable bonds is 22. The molecule has 1 nitrogen and oxygen atoms in total. The highest BCUT2D eigenvalue weighted by atomic mass is 16.2. The number of hydrogen-bond acceptors (Lipinski definition) is 1. The topological polar surface area (TPSA) is 20.2 Å². The van der Waals surface area contributed by atoms with Gasteiger partial charge in [0.15, 0.2) is 0 Å². The van der Waals surface area contributed by atoms with Crippen LogP contribution in [0, 0.1) is 5.92 Å². The van der Waals surface area contributed by atoms with Crippen molar-refractivity contribution in [1.29, 1.82) is 0 Å². The Labute approximate surface area is 172 Å². The minimum Gasteiger partial charge on any atom is -0.396 e. The van der Waals surface area contributed by atoms with Crippen LogP contribution in [0.4, 0.5) is 0 Å². The molecule has 0 spiro atoms. The average molecular weight is 381 g/mol. The summed E-state index contributed by atoms with van der Waals surface area (Å²) in [5.41, 5.74) is 0. The summed E-state index contributed by atoms with van der Waals surface area (Å²) in [4.78, 5) is 0. The van der Waals surface area contributed by atoms with Gasteiger partial charge in [-0.25, -0.2) is 0 Å². The molecule has 0 aliphatic heterocycles. The van der Waals surface area contributed by atoms with Gasteiger partial charge in [0.05, 0.1) is 0 Å². The van der Waals surface area contributed by atoms with E-state index in [0.717, 1.165) is 12.3 Å². The third-order valence-electron chi connectivity index (χ3n) is 5.79. The second kappa shape index (κ2) is 23.7. The van der Waals surface area contributed by atoms with Crippen LogP contribution in [0.25, 0.3) is 0 Å². The summed E-state index contributed by atoms with van der Waals surface area (Å²) >= 11 is 0. The molecule has 0 radical (unpaired) electrons. The Morgan fingerprint density at radius 2 is 1.00 bits per heavy atom. The molecule has 0 aromatic rings. The van der Waals surface area contributed by atoms with Crippen LogP contribution < -0.4 is 0 Å². The number of aliphatic hydroxyl groups is 1. The molecule has 162 valence electrons. The Balaban J connectivity index is 3.90. The van der Waals surface area contributed by atoms with Gasteiger partial charge in [0.1, 0.15) is 0 Å². The standard InChI is InChI=1S/C26H52O/c1-3-5-7-9-14-18-22-26(23-19-15-10-8-6-4-2)24-20-16-12-11-13-17-21-25-27/h20,24,26-27H,3-19,21-23,25H2,1-2H3/b24-20-. The molecule has 0 bridgehead atoms. The van der Waals surface area contributed by atoms with E-state index in [1.807, 2.05) is 0 Å². The first-order chi connectivity index (χ1) is 13.3. The Kier molecular flexibility index (Phi) is 23.5. The summed E-state index contributed by atoms with van der Waals surface area (Å²) in [6.07, 6.45) is 32.2. The molecule has 1 N–H and O–H groups in total. The van der Waals surface area contributed by atoms with E-state index in [0.29, 0.717) is 6.61 Å². The van der Waals surface area contributed by atoms with Crippen molar-refractivity contribution in [3.05, 3.63) is 12.2 Å². The van der Waals surface area contributed by atoms with Crippen molar-refractivity contribution in [3.63, 3.8) is 0 Å². The number of allylic oxidation sites excluding steroid dienone is 2. The van der Waals surface area contributed by atoms with Gasteiger partial charge >= 0.3 is 0 Å². The Morgan fingerprint density at radius 1 is 0.556 bits per heavy atom. The van der Waals surface area contributed by atoms with Gasteiger partial charge in [0.25, 0.3) is 0 Å². The molecule has 0 amide bonds. The first kappa shape index (κ1) is 26.7. The molecule has 0 atom stereocenters. The van der Waals surface area contributed by atoms with Crippen molar-refractivity contribution in [2.45, 2.75) is 142 Å². The molecule has 0 saturated carbocycles. The summed E-state index contributed by atoms with van der Waals surface area (Å²) in [6.45, 7) is 4.96. The molecule has 0 aromatic carbocycles. The molecule has 0 aromatic heterocycles. The van der Waals surface area contributed by atoms with E-state index in [1.165, 1.54) is 122 Å². The van der Waals surface area contributed by atoms with E-state index in [9.17, 15) is 0 Å². The van der Waals surface area contributed by atoms with Crippen LogP contribution >= 0.6 is 0 Å². The summed E-state index contributed by atoms with van der Waals surface area (Å²) < 4.78 is 0. The zero-order chi connectivity index (χ0) is 19.8. The number of unbranched alkanes of at least 4 members (excludes halogenated alkanes) is 15. The largest absolute Gasteiger partial charge is 0.396 e. The van der Waals surface area contributed by atoms with Gasteiger partial charge in [0, 0.05) is 6.61 Å². The monoisotopic (exact) mass is 380 g/mol. The highest BCUT2D eigenvalue weighted by Crippen LogP contribution is 2.21. The van der Waals surface area contributed by atoms with E-state index < -0.39 is 0 Å². The molecular formula is C26H52O. The number of aliphatic hydroxyl groups excluding tert-OH is 1. The molecular weight excluding hydrogens is 328 g/mol. The predicted molar refractivity (Wildman–Crippen MR) is 123 cm³/mol. The van der Waals surface area contributed by atoms with E-state index in [2.05, 4.69) is 26.0 Å². The molecule has 0 rings (SSSR count). The van der Waals surface area contributed by atoms with Crippen LogP contribution in [0.3, 0.4) is 0 Å². The second-order valence-electron chi connectivity index (χ2n) is 8.58. The predicted octanol–water partition coefficient (Wildman–Crippen LogP) is 8.99. The van der Waals surface area contributed by atoms with Gasteiger partial charge in [-0.1, -0.05) is 122 Å². The van der Waals surface area contributed by atoms with Crippen molar-refractivity contribution < 1.29 is 5.11 Å². The van der Waals surface area contributed by atoms with Gasteiger partial charge in [-0.3, -0.25) is 0 Å². The Hall–Kier alpha value is -0.300. The summed E-state index contributed by atoms with van der Waals surface area (Å²) in [5.74, 6) is 0.830. The highest BCUT2D eigenvalue weighted by molar-refractivity contribution is 4.88. The zero-order valence-electron chi connectivity index (χ0n) is 19.0. The molecule has 0 fully saturated rings. The zero-order valence-corrected chi connectivity index (χ0v) is 19.0. The minimum absolute atomic E-state index is 0.360. The number of hydrogen-bond donors (Lipinski definition) is 1. The van der Waals surface area contributed by atoms with Gasteiger partial charge < -0.3 is 5.11 Å². The molecule has 0 saturated heterocycles. The lowest BCUT2D eigenvalue weighted by atomic mass is 9.93. The smallest absolute Gasteiger partial charge is 0.0431 e. The van der Waals surface area contributed by atoms with Crippen LogP contribution in [0.15, 0.2) is 12.2 Å². The van der Waals surface area contributed by atoms with E-state index in [1.54, 1.807) is 0 Å². The van der Waals surface area contributed by atoms with Crippen LogP contribution in [-0.4, -0.2) is 11.7 Å². The lowest BCUT2D eigenvalue weighted by molar-refractivity contribution is 0.282. The van der Waals surface area contributed by atoms with Gasteiger partial charge in [-0.15, -0.1) is 0 Å². The van der Waals surface area contributed by atoms with Crippen molar-refractivity contribution in [1.82, 2.24) is 0 Å². The van der Waals surface area contributed by atoms with Gasteiger partial charge in [-0.05, 0) is 38.0 Å². The average Bonchev–Trinajstić information content (AvgIpc) is 2.68. The molecule has 0 unspecified atom stereocenters. The quantitative estimate of drug-likeness (QED) is 0.147. The van der Waals surface area contributed by atoms with Crippen molar-refractivity contribution in [3.8, 4) is 0 Å². The summed E-state index contributed by atoms with van der Waals surface area (Å²) in [5, 5.41) is 8.82. The molecule has 27 heavy (non-hydrogen) atoms. The fourth-order valence-corrected chi connectivity index (χ4v) is 3.90. The van der Waals surface area contributed by atoms with Crippen molar-refractivity contribution in [2.75, 3.05) is 6.61 Å². The Bertz CT molecular complexity index is 268. The summed E-state index contributed by atoms with van der Waals surface area (Å²) in [6, 6.07) is 0. The van der Waals surface area contributed by atoms with E-state index in [-0.39, 0.29) is 0 Å². The molecule has 1 heteroatoms. The van der Waals surface area contributed by atoms with Crippen LogP contribution in [0.1, 0.15) is 142 Å². The SMILES string of the molecule is CCCCCCCCC(/C=C\CCCCCCCO)CCCCCCCC. The van der Waals surface area contributed by atoms with E-state index in [4.69, 9.17) is 5.11 Å². The normalized spacial score (nSPS) is 11.9. The molecule has 0 aliphatic rings. The fourth-order valence-electron chi connectivity index (χ4n) is 3.90. The minimum atomic E-state index is 0.360. The van der Waals surface area contributed by atoms with E-state index >= 15 is 0 Å². The van der Waals surface area contributed by atoms with Crippen LogP contribution in [0.2, 0.25) is 0 Å². The third kappa shape index (κ3) is 21.9. The van der Waals surface area contributed by atoms with Crippen LogP contribution in [0.5, 0.6) is 0 Å². The lowest BCUT2D eigenvalue weighted by Gasteiger charge is -2.13. The van der Waals surface area contributed by atoms with Crippen molar-refractivity contribution in [2.24, 2.45) is 5.92 Å². The van der Waals surface area contributed by atoms with Crippen molar-refractivity contribution >= 4 is 0 Å². The second-order valence-corrected chi connectivity index (χ2v) is 8.58. The summed E-state index contributed by atoms with van der Waals surface area (Å²) in [7, 11) is 0. The maximum absolute atomic E-state index is 8.82. The molecule has 0 aliphatic carbocycles. The maximum Gasteiger partial charge on any atom is 0.0431 e.